The summed E-state index contributed by atoms with van der Waals surface area (Å²) < 4.78 is 31.8. The molecule has 0 aliphatic heterocycles. The molecule has 0 amide bonds. The van der Waals surface area contributed by atoms with Gasteiger partial charge in [0.05, 0.1) is 0 Å². The average molecular weight is 281 g/mol. The van der Waals surface area contributed by atoms with Gasteiger partial charge >= 0.3 is 6.55 Å². The highest BCUT2D eigenvalue weighted by Gasteiger charge is 2.14. The van der Waals surface area contributed by atoms with E-state index in [1.807, 2.05) is 38.2 Å². The summed E-state index contributed by atoms with van der Waals surface area (Å²) in [6.45, 7) is -0.602. The van der Waals surface area contributed by atoms with E-state index in [0.29, 0.717) is 5.75 Å². The van der Waals surface area contributed by atoms with Crippen LogP contribution >= 0.6 is 0 Å². The summed E-state index contributed by atoms with van der Waals surface area (Å²) in [4.78, 5) is 3.89. The first-order valence-electron chi connectivity index (χ1n) is 6.32. The molecule has 1 aromatic carbocycles. The second-order valence-corrected chi connectivity index (χ2v) is 4.37. The summed E-state index contributed by atoms with van der Waals surface area (Å²) >= 11 is 0. The smallest absolute Gasteiger partial charge is 0.320 e. The number of halogens is 2. The van der Waals surface area contributed by atoms with Gasteiger partial charge in [-0.2, -0.15) is 8.78 Å². The molecular weight excluding hydrogens is 264 g/mol. The first-order valence-corrected chi connectivity index (χ1v) is 6.32. The number of hydrogen-bond acceptors (Lipinski definition) is 3. The van der Waals surface area contributed by atoms with E-state index in [4.69, 9.17) is 4.74 Å². The van der Waals surface area contributed by atoms with Crippen LogP contribution in [0.4, 0.5) is 8.78 Å². The number of para-hydroxylation sites is 1. The SMILES string of the molecule is CNC(C)c1ccccc1OCc1nccn1C(F)F. The van der Waals surface area contributed by atoms with Gasteiger partial charge < -0.3 is 10.1 Å². The third-order valence-electron chi connectivity index (χ3n) is 3.13. The third-order valence-corrected chi connectivity index (χ3v) is 3.13. The van der Waals surface area contributed by atoms with Crippen LogP contribution in [-0.4, -0.2) is 16.6 Å². The van der Waals surface area contributed by atoms with Gasteiger partial charge in [0.2, 0.25) is 0 Å². The lowest BCUT2D eigenvalue weighted by Gasteiger charge is -2.16. The highest BCUT2D eigenvalue weighted by Crippen LogP contribution is 2.25. The Morgan fingerprint density at radius 2 is 2.10 bits per heavy atom. The van der Waals surface area contributed by atoms with Crippen molar-refractivity contribution in [1.82, 2.24) is 14.9 Å². The first kappa shape index (κ1) is 14.5. The van der Waals surface area contributed by atoms with Gasteiger partial charge in [-0.05, 0) is 20.0 Å². The van der Waals surface area contributed by atoms with E-state index in [1.54, 1.807) is 0 Å². The van der Waals surface area contributed by atoms with E-state index in [1.165, 1.54) is 12.4 Å². The minimum atomic E-state index is -2.61. The minimum absolute atomic E-state index is 0.00475. The van der Waals surface area contributed by atoms with Crippen molar-refractivity contribution in [3.63, 3.8) is 0 Å². The fourth-order valence-electron chi connectivity index (χ4n) is 1.90. The zero-order valence-electron chi connectivity index (χ0n) is 11.4. The number of nitrogens with zero attached hydrogens (tertiary/aromatic N) is 2. The number of aromatic nitrogens is 2. The van der Waals surface area contributed by atoms with Crippen molar-refractivity contribution >= 4 is 0 Å². The summed E-state index contributed by atoms with van der Waals surface area (Å²) in [5.74, 6) is 0.866. The van der Waals surface area contributed by atoms with Crippen molar-refractivity contribution in [2.45, 2.75) is 26.1 Å². The van der Waals surface area contributed by atoms with E-state index in [-0.39, 0.29) is 18.5 Å². The summed E-state index contributed by atoms with van der Waals surface area (Å²) in [6.07, 6.45) is 2.58. The molecule has 4 nitrogen and oxygen atoms in total. The van der Waals surface area contributed by atoms with Gasteiger partial charge in [0.1, 0.15) is 12.4 Å². The van der Waals surface area contributed by atoms with Crippen LogP contribution in [0.25, 0.3) is 0 Å². The third kappa shape index (κ3) is 3.14. The Morgan fingerprint density at radius 1 is 1.35 bits per heavy atom. The molecule has 0 radical (unpaired) electrons. The molecular formula is C14H17F2N3O. The normalized spacial score (nSPS) is 12.7. The Hall–Kier alpha value is -1.95. The Bertz CT molecular complexity index is 557. The average Bonchev–Trinajstić information content (AvgIpc) is 2.93. The summed E-state index contributed by atoms with van der Waals surface area (Å²) in [5, 5.41) is 3.12. The van der Waals surface area contributed by atoms with Crippen molar-refractivity contribution < 1.29 is 13.5 Å². The van der Waals surface area contributed by atoms with E-state index in [0.717, 1.165) is 10.1 Å². The van der Waals surface area contributed by atoms with Crippen LogP contribution in [-0.2, 0) is 6.61 Å². The predicted octanol–water partition coefficient (Wildman–Crippen LogP) is 3.14. The lowest BCUT2D eigenvalue weighted by Crippen LogP contribution is -2.14. The molecule has 1 aromatic heterocycles. The van der Waals surface area contributed by atoms with Crippen LogP contribution < -0.4 is 10.1 Å². The molecule has 0 saturated heterocycles. The van der Waals surface area contributed by atoms with Crippen molar-refractivity contribution in [2.75, 3.05) is 7.05 Å². The summed E-state index contributed by atoms with van der Waals surface area (Å²) in [5.41, 5.74) is 0.977. The zero-order valence-corrected chi connectivity index (χ0v) is 11.4. The summed E-state index contributed by atoms with van der Waals surface area (Å²) in [7, 11) is 1.85. The number of imidazole rings is 1. The van der Waals surface area contributed by atoms with Gasteiger partial charge in [-0.15, -0.1) is 0 Å². The fourth-order valence-corrected chi connectivity index (χ4v) is 1.90. The molecule has 1 unspecified atom stereocenters. The molecule has 2 aromatic rings. The highest BCUT2D eigenvalue weighted by atomic mass is 19.3. The quantitative estimate of drug-likeness (QED) is 0.884. The molecule has 1 N–H and O–H groups in total. The van der Waals surface area contributed by atoms with E-state index < -0.39 is 6.55 Å². The van der Waals surface area contributed by atoms with Gasteiger partial charge in [-0.1, -0.05) is 18.2 Å². The maximum absolute atomic E-state index is 12.7. The predicted molar refractivity (Wildman–Crippen MR) is 71.7 cm³/mol. The van der Waals surface area contributed by atoms with Gasteiger partial charge in [-0.3, -0.25) is 4.57 Å². The second-order valence-electron chi connectivity index (χ2n) is 4.37. The summed E-state index contributed by atoms with van der Waals surface area (Å²) in [6, 6.07) is 7.63. The molecule has 0 spiro atoms. The molecule has 108 valence electrons. The maximum Gasteiger partial charge on any atom is 0.320 e. The van der Waals surface area contributed by atoms with E-state index >= 15 is 0 Å². The molecule has 1 heterocycles. The lowest BCUT2D eigenvalue weighted by molar-refractivity contribution is 0.0632. The lowest BCUT2D eigenvalue weighted by atomic mass is 10.1. The van der Waals surface area contributed by atoms with Crippen LogP contribution in [0.5, 0.6) is 5.75 Å². The Balaban J connectivity index is 2.13. The number of hydrogen-bond donors (Lipinski definition) is 1. The number of ether oxygens (including phenoxy) is 1. The number of nitrogens with one attached hydrogen (secondary N) is 1. The van der Waals surface area contributed by atoms with Crippen LogP contribution in [0, 0.1) is 0 Å². The topological polar surface area (TPSA) is 39.1 Å². The first-order chi connectivity index (χ1) is 9.63. The minimum Gasteiger partial charge on any atom is -0.485 e. The van der Waals surface area contributed by atoms with Crippen molar-refractivity contribution in [1.29, 1.82) is 0 Å². The van der Waals surface area contributed by atoms with Gasteiger partial charge in [0.15, 0.2) is 5.82 Å². The monoisotopic (exact) mass is 281 g/mol. The highest BCUT2D eigenvalue weighted by molar-refractivity contribution is 5.35. The van der Waals surface area contributed by atoms with Crippen LogP contribution in [0.15, 0.2) is 36.7 Å². The Labute approximate surface area is 116 Å². The number of rotatable bonds is 6. The Morgan fingerprint density at radius 3 is 2.80 bits per heavy atom. The van der Waals surface area contributed by atoms with Gasteiger partial charge in [0, 0.05) is 24.0 Å². The van der Waals surface area contributed by atoms with Crippen LogP contribution in [0.3, 0.4) is 0 Å². The molecule has 0 aliphatic carbocycles. The molecule has 1 atom stereocenters. The van der Waals surface area contributed by atoms with E-state index in [2.05, 4.69) is 10.3 Å². The van der Waals surface area contributed by atoms with Crippen molar-refractivity contribution in [2.24, 2.45) is 0 Å². The maximum atomic E-state index is 12.7. The molecule has 0 bridgehead atoms. The molecule has 0 aliphatic rings. The fraction of sp³-hybridized carbons (Fsp3) is 0.357. The van der Waals surface area contributed by atoms with Gasteiger partial charge in [0.25, 0.3) is 0 Å². The van der Waals surface area contributed by atoms with E-state index in [9.17, 15) is 8.78 Å². The van der Waals surface area contributed by atoms with Crippen LogP contribution in [0.1, 0.15) is 30.9 Å². The number of benzene rings is 1. The largest absolute Gasteiger partial charge is 0.485 e. The standard InChI is InChI=1S/C14H17F2N3O/c1-10(17-2)11-5-3-4-6-12(11)20-9-13-18-7-8-19(13)14(15)16/h3-8,10,14,17H,9H2,1-2H3. The Kier molecular flexibility index (Phi) is 4.68. The second kappa shape index (κ2) is 6.47. The molecule has 20 heavy (non-hydrogen) atoms. The van der Waals surface area contributed by atoms with Crippen molar-refractivity contribution in [3.8, 4) is 5.75 Å². The molecule has 0 fully saturated rings. The molecule has 6 heteroatoms. The van der Waals surface area contributed by atoms with Crippen LogP contribution in [0.2, 0.25) is 0 Å². The molecule has 2 rings (SSSR count). The van der Waals surface area contributed by atoms with Gasteiger partial charge in [-0.25, -0.2) is 4.98 Å². The zero-order chi connectivity index (χ0) is 14.5. The number of alkyl halides is 2. The van der Waals surface area contributed by atoms with Crippen molar-refractivity contribution in [3.05, 3.63) is 48.0 Å². The molecule has 0 saturated carbocycles.